The summed E-state index contributed by atoms with van der Waals surface area (Å²) in [6.45, 7) is 4.58. The Labute approximate surface area is 112 Å². The summed E-state index contributed by atoms with van der Waals surface area (Å²) in [6, 6.07) is -0.242. The van der Waals surface area contributed by atoms with Crippen molar-refractivity contribution in [2.45, 2.75) is 84.1 Å². The number of hydrogen-bond donors (Lipinski definition) is 1. The Balaban J connectivity index is 3.05. The molecule has 0 saturated heterocycles. The molecule has 18 heavy (non-hydrogen) atoms. The SMILES string of the molecule is CCCCCCCCCCCCOC(=O)C(C)[NH3+]. The van der Waals surface area contributed by atoms with Crippen LogP contribution in [-0.4, -0.2) is 18.6 Å². The molecule has 0 spiro atoms. The van der Waals surface area contributed by atoms with Crippen LogP contribution in [0.3, 0.4) is 0 Å². The van der Waals surface area contributed by atoms with E-state index in [1.807, 2.05) is 0 Å². The molecule has 108 valence electrons. The summed E-state index contributed by atoms with van der Waals surface area (Å²) in [5.74, 6) is -0.175. The molecule has 0 radical (unpaired) electrons. The molecule has 0 aliphatic rings. The molecule has 0 aliphatic heterocycles. The maximum absolute atomic E-state index is 11.1. The molecule has 1 atom stereocenters. The maximum atomic E-state index is 11.1. The zero-order chi connectivity index (χ0) is 13.6. The van der Waals surface area contributed by atoms with Gasteiger partial charge in [-0.05, 0) is 13.3 Å². The van der Waals surface area contributed by atoms with Crippen molar-refractivity contribution in [2.75, 3.05) is 6.61 Å². The standard InChI is InChI=1S/C15H31NO2/c1-3-4-5-6-7-8-9-10-11-12-13-18-15(17)14(2)16/h14H,3-13,16H2,1-2H3/p+1. The first-order valence-corrected chi connectivity index (χ1v) is 7.68. The van der Waals surface area contributed by atoms with Gasteiger partial charge < -0.3 is 10.5 Å². The second-order valence-corrected chi connectivity index (χ2v) is 5.25. The number of quaternary nitrogens is 1. The van der Waals surface area contributed by atoms with Gasteiger partial charge in [0.25, 0.3) is 0 Å². The van der Waals surface area contributed by atoms with Gasteiger partial charge in [-0.15, -0.1) is 0 Å². The molecule has 3 heteroatoms. The molecule has 0 saturated carbocycles. The Morgan fingerprint density at radius 2 is 1.39 bits per heavy atom. The number of unbranched alkanes of at least 4 members (excludes halogenated alkanes) is 9. The Hall–Kier alpha value is -0.570. The summed E-state index contributed by atoms with van der Waals surface area (Å²) in [6.07, 6.45) is 13.0. The van der Waals surface area contributed by atoms with E-state index in [1.54, 1.807) is 6.92 Å². The summed E-state index contributed by atoms with van der Waals surface area (Å²) in [5.41, 5.74) is 3.63. The van der Waals surface area contributed by atoms with Gasteiger partial charge in [0.1, 0.15) is 0 Å². The van der Waals surface area contributed by atoms with Crippen molar-refractivity contribution in [3.63, 3.8) is 0 Å². The topological polar surface area (TPSA) is 53.9 Å². The molecule has 0 heterocycles. The van der Waals surface area contributed by atoms with Crippen molar-refractivity contribution in [3.8, 4) is 0 Å². The van der Waals surface area contributed by atoms with Crippen LogP contribution in [-0.2, 0) is 9.53 Å². The summed E-state index contributed by atoms with van der Waals surface area (Å²) < 4.78 is 5.07. The van der Waals surface area contributed by atoms with Gasteiger partial charge in [-0.2, -0.15) is 0 Å². The Morgan fingerprint density at radius 3 is 1.83 bits per heavy atom. The smallest absolute Gasteiger partial charge is 0.364 e. The average molecular weight is 258 g/mol. The van der Waals surface area contributed by atoms with Crippen LogP contribution < -0.4 is 5.73 Å². The van der Waals surface area contributed by atoms with Crippen molar-refractivity contribution in [3.05, 3.63) is 0 Å². The normalized spacial score (nSPS) is 12.4. The highest BCUT2D eigenvalue weighted by Crippen LogP contribution is 2.10. The van der Waals surface area contributed by atoms with Gasteiger partial charge in [0.05, 0.1) is 6.61 Å². The molecule has 0 aromatic rings. The molecule has 3 nitrogen and oxygen atoms in total. The van der Waals surface area contributed by atoms with Gasteiger partial charge in [-0.3, -0.25) is 0 Å². The van der Waals surface area contributed by atoms with E-state index in [0.717, 1.165) is 6.42 Å². The largest absolute Gasteiger partial charge is 0.461 e. The summed E-state index contributed by atoms with van der Waals surface area (Å²) in [7, 11) is 0. The molecule has 0 rings (SSSR count). The Bertz CT molecular complexity index is 193. The van der Waals surface area contributed by atoms with E-state index in [4.69, 9.17) is 4.74 Å². The quantitative estimate of drug-likeness (QED) is 0.432. The first-order valence-electron chi connectivity index (χ1n) is 7.68. The number of esters is 1. The monoisotopic (exact) mass is 258 g/mol. The average Bonchev–Trinajstić information content (AvgIpc) is 2.35. The molecule has 0 aliphatic carbocycles. The predicted octanol–water partition coefficient (Wildman–Crippen LogP) is 3.08. The zero-order valence-corrected chi connectivity index (χ0v) is 12.4. The van der Waals surface area contributed by atoms with Crippen LogP contribution in [0.15, 0.2) is 0 Å². The minimum Gasteiger partial charge on any atom is -0.461 e. The van der Waals surface area contributed by atoms with Crippen molar-refractivity contribution < 1.29 is 15.3 Å². The van der Waals surface area contributed by atoms with Gasteiger partial charge in [-0.25, -0.2) is 4.79 Å². The van der Waals surface area contributed by atoms with Crippen molar-refractivity contribution in [1.82, 2.24) is 0 Å². The van der Waals surface area contributed by atoms with Crippen LogP contribution in [0, 0.1) is 0 Å². The van der Waals surface area contributed by atoms with Crippen LogP contribution >= 0.6 is 0 Å². The predicted molar refractivity (Wildman–Crippen MR) is 75.2 cm³/mol. The first-order chi connectivity index (χ1) is 8.68. The lowest BCUT2D eigenvalue weighted by atomic mass is 10.1. The van der Waals surface area contributed by atoms with Crippen LogP contribution in [0.5, 0.6) is 0 Å². The lowest BCUT2D eigenvalue weighted by Gasteiger charge is -2.05. The van der Waals surface area contributed by atoms with Crippen molar-refractivity contribution in [2.24, 2.45) is 0 Å². The molecule has 0 bridgehead atoms. The highest BCUT2D eigenvalue weighted by atomic mass is 16.5. The molecule has 0 aromatic heterocycles. The number of hydrogen-bond acceptors (Lipinski definition) is 2. The molecule has 1 unspecified atom stereocenters. The molecule has 0 amide bonds. The van der Waals surface area contributed by atoms with E-state index in [1.165, 1.54) is 57.8 Å². The summed E-state index contributed by atoms with van der Waals surface area (Å²) in [4.78, 5) is 11.1. The third-order valence-corrected chi connectivity index (χ3v) is 3.14. The fourth-order valence-electron chi connectivity index (χ4n) is 1.90. The van der Waals surface area contributed by atoms with Crippen LogP contribution in [0.25, 0.3) is 0 Å². The highest BCUT2D eigenvalue weighted by molar-refractivity contribution is 5.73. The van der Waals surface area contributed by atoms with Gasteiger partial charge in [-0.1, -0.05) is 64.7 Å². The third-order valence-electron chi connectivity index (χ3n) is 3.14. The number of rotatable bonds is 12. The maximum Gasteiger partial charge on any atom is 0.364 e. The molecular weight excluding hydrogens is 226 g/mol. The Kier molecular flexibility index (Phi) is 12.5. The van der Waals surface area contributed by atoms with E-state index >= 15 is 0 Å². The van der Waals surface area contributed by atoms with E-state index < -0.39 is 0 Å². The molecule has 3 N–H and O–H groups in total. The minimum atomic E-state index is -0.242. The fraction of sp³-hybridized carbons (Fsp3) is 0.933. The van der Waals surface area contributed by atoms with Crippen LogP contribution in [0.4, 0.5) is 0 Å². The van der Waals surface area contributed by atoms with E-state index in [-0.39, 0.29) is 12.0 Å². The fourth-order valence-corrected chi connectivity index (χ4v) is 1.90. The lowest BCUT2D eigenvalue weighted by molar-refractivity contribution is -0.402. The first kappa shape index (κ1) is 17.4. The lowest BCUT2D eigenvalue weighted by Crippen LogP contribution is -2.63. The van der Waals surface area contributed by atoms with Crippen molar-refractivity contribution in [1.29, 1.82) is 0 Å². The van der Waals surface area contributed by atoms with Gasteiger partial charge >= 0.3 is 5.97 Å². The molecular formula is C15H32NO2+. The minimum absolute atomic E-state index is 0.175. The second kappa shape index (κ2) is 12.9. The highest BCUT2D eigenvalue weighted by Gasteiger charge is 2.10. The zero-order valence-electron chi connectivity index (χ0n) is 12.4. The van der Waals surface area contributed by atoms with Crippen LogP contribution in [0.2, 0.25) is 0 Å². The van der Waals surface area contributed by atoms with Crippen molar-refractivity contribution >= 4 is 5.97 Å². The number of carbonyl (C=O) groups is 1. The number of carbonyl (C=O) groups excluding carboxylic acids is 1. The van der Waals surface area contributed by atoms with E-state index in [0.29, 0.717) is 6.61 Å². The summed E-state index contributed by atoms with van der Waals surface area (Å²) in [5, 5.41) is 0. The second-order valence-electron chi connectivity index (χ2n) is 5.25. The van der Waals surface area contributed by atoms with Gasteiger partial charge in [0.15, 0.2) is 6.04 Å². The Morgan fingerprint density at radius 1 is 0.944 bits per heavy atom. The number of ether oxygens (including phenoxy) is 1. The van der Waals surface area contributed by atoms with E-state index in [9.17, 15) is 4.79 Å². The molecule has 0 aromatic carbocycles. The van der Waals surface area contributed by atoms with E-state index in [2.05, 4.69) is 12.7 Å². The molecule has 0 fully saturated rings. The van der Waals surface area contributed by atoms with Crippen LogP contribution in [0.1, 0.15) is 78.1 Å². The summed E-state index contributed by atoms with van der Waals surface area (Å²) >= 11 is 0. The van der Waals surface area contributed by atoms with Gasteiger partial charge in [0, 0.05) is 0 Å². The van der Waals surface area contributed by atoms with Gasteiger partial charge in [0.2, 0.25) is 0 Å². The third kappa shape index (κ3) is 11.9.